The summed E-state index contributed by atoms with van der Waals surface area (Å²) < 4.78 is 15.6. The fourth-order valence-electron chi connectivity index (χ4n) is 2.96. The maximum Gasteiger partial charge on any atom is 0.272 e. The summed E-state index contributed by atoms with van der Waals surface area (Å²) in [7, 11) is 0. The number of fused-ring (bicyclic) bond motifs is 1. The number of aliphatic hydroxyl groups is 1. The lowest BCUT2D eigenvalue weighted by Crippen LogP contribution is -2.35. The second-order valence-corrected chi connectivity index (χ2v) is 6.51. The summed E-state index contributed by atoms with van der Waals surface area (Å²) in [5.41, 5.74) is 2.48. The quantitative estimate of drug-likeness (QED) is 0.883. The minimum absolute atomic E-state index is 0.0620. The van der Waals surface area contributed by atoms with Crippen molar-refractivity contribution in [2.75, 3.05) is 6.54 Å². The number of aliphatic hydroxyl groups excluding tert-OH is 1. The van der Waals surface area contributed by atoms with Gasteiger partial charge in [-0.2, -0.15) is 5.10 Å². The average molecular weight is 331 g/mol. The molecule has 2 aromatic rings. The molecular weight excluding hydrogens is 309 g/mol. The maximum atomic E-state index is 14.1. The Balaban J connectivity index is 1.89. The molecule has 0 spiro atoms. The Hall–Kier alpha value is -2.21. The zero-order chi connectivity index (χ0) is 17.3. The third-order valence-electron chi connectivity index (χ3n) is 4.47. The molecule has 1 aliphatic carbocycles. The Morgan fingerprint density at radius 2 is 2.12 bits per heavy atom. The molecule has 1 aliphatic rings. The van der Waals surface area contributed by atoms with Gasteiger partial charge in [-0.15, -0.1) is 0 Å². The van der Waals surface area contributed by atoms with E-state index in [2.05, 4.69) is 10.4 Å². The van der Waals surface area contributed by atoms with Crippen LogP contribution >= 0.6 is 0 Å². The van der Waals surface area contributed by atoms with Crippen LogP contribution in [0.2, 0.25) is 0 Å². The zero-order valence-corrected chi connectivity index (χ0v) is 13.9. The van der Waals surface area contributed by atoms with Crippen LogP contribution in [0.3, 0.4) is 0 Å². The number of nitrogens with zero attached hydrogens (tertiary/aromatic N) is 2. The molecule has 0 saturated carbocycles. The van der Waals surface area contributed by atoms with E-state index in [1.165, 1.54) is 6.07 Å². The van der Waals surface area contributed by atoms with Crippen molar-refractivity contribution in [2.24, 2.45) is 5.92 Å². The molecule has 0 fully saturated rings. The normalized spacial score (nSPS) is 14.7. The highest BCUT2D eigenvalue weighted by atomic mass is 19.1. The van der Waals surface area contributed by atoms with Gasteiger partial charge in [0.15, 0.2) is 5.69 Å². The zero-order valence-electron chi connectivity index (χ0n) is 13.9. The van der Waals surface area contributed by atoms with Crippen LogP contribution in [0.15, 0.2) is 24.3 Å². The lowest BCUT2D eigenvalue weighted by atomic mass is 10.1. The van der Waals surface area contributed by atoms with E-state index in [0.29, 0.717) is 11.4 Å². The second kappa shape index (κ2) is 6.73. The molecule has 0 saturated heterocycles. The number of hydrogen-bond donors (Lipinski definition) is 2. The predicted octanol–water partition coefficient (Wildman–Crippen LogP) is 2.25. The number of nitrogens with one attached hydrogen (secondary N) is 1. The van der Waals surface area contributed by atoms with E-state index in [1.54, 1.807) is 22.9 Å². The van der Waals surface area contributed by atoms with Crippen LogP contribution in [0.5, 0.6) is 0 Å². The van der Waals surface area contributed by atoms with Gasteiger partial charge in [0.05, 0.1) is 6.10 Å². The number of halogens is 1. The highest BCUT2D eigenvalue weighted by Crippen LogP contribution is 2.28. The summed E-state index contributed by atoms with van der Waals surface area (Å²) in [5, 5.41) is 16.9. The van der Waals surface area contributed by atoms with Gasteiger partial charge in [0.2, 0.25) is 0 Å². The molecule has 2 N–H and O–H groups in total. The van der Waals surface area contributed by atoms with Gasteiger partial charge < -0.3 is 10.4 Å². The number of aromatic nitrogens is 2. The Bertz CT molecular complexity index is 755. The van der Waals surface area contributed by atoms with Crippen LogP contribution < -0.4 is 5.32 Å². The number of carbonyl (C=O) groups is 1. The maximum absolute atomic E-state index is 14.1. The van der Waals surface area contributed by atoms with E-state index < -0.39 is 6.10 Å². The van der Waals surface area contributed by atoms with Crippen molar-refractivity contribution in [1.29, 1.82) is 0 Å². The molecule has 5 nitrogen and oxygen atoms in total. The molecule has 1 aromatic heterocycles. The van der Waals surface area contributed by atoms with E-state index in [-0.39, 0.29) is 24.2 Å². The lowest BCUT2D eigenvalue weighted by molar-refractivity contribution is 0.0866. The summed E-state index contributed by atoms with van der Waals surface area (Å²) in [4.78, 5) is 12.5. The topological polar surface area (TPSA) is 67.2 Å². The smallest absolute Gasteiger partial charge is 0.272 e. The predicted molar refractivity (Wildman–Crippen MR) is 88.7 cm³/mol. The van der Waals surface area contributed by atoms with Gasteiger partial charge in [-0.25, -0.2) is 9.07 Å². The number of benzene rings is 1. The molecule has 128 valence electrons. The molecule has 3 rings (SSSR count). The van der Waals surface area contributed by atoms with E-state index in [9.17, 15) is 14.3 Å². The fraction of sp³-hybridized carbons (Fsp3) is 0.444. The molecule has 24 heavy (non-hydrogen) atoms. The summed E-state index contributed by atoms with van der Waals surface area (Å²) in [6.07, 6.45) is 1.87. The summed E-state index contributed by atoms with van der Waals surface area (Å²) in [6, 6.07) is 6.42. The van der Waals surface area contributed by atoms with E-state index >= 15 is 0 Å². The number of rotatable bonds is 5. The summed E-state index contributed by atoms with van der Waals surface area (Å²) in [5.74, 6) is -0.619. The number of carbonyl (C=O) groups excluding carboxylic acids is 1. The standard InChI is InChI=1S/C18H22FN3O2/c1-11(2)16(23)10-20-18(24)17-12-6-5-9-14(12)22(21-17)15-8-4-3-7-13(15)19/h3-4,7-8,11,16,23H,5-6,9-10H2,1-2H3,(H,20,24). The molecule has 1 aromatic carbocycles. The van der Waals surface area contributed by atoms with Crippen LogP contribution in [0, 0.1) is 11.7 Å². The lowest BCUT2D eigenvalue weighted by Gasteiger charge is -2.14. The van der Waals surface area contributed by atoms with E-state index in [4.69, 9.17) is 0 Å². The Labute approximate surface area is 140 Å². The average Bonchev–Trinajstić information content (AvgIpc) is 3.15. The molecule has 0 aliphatic heterocycles. The molecule has 1 heterocycles. The van der Waals surface area contributed by atoms with Crippen LogP contribution in [0.1, 0.15) is 42.0 Å². The molecule has 1 unspecified atom stereocenters. The fourth-order valence-corrected chi connectivity index (χ4v) is 2.96. The third-order valence-corrected chi connectivity index (χ3v) is 4.47. The highest BCUT2D eigenvalue weighted by Gasteiger charge is 2.28. The summed E-state index contributed by atoms with van der Waals surface area (Å²) >= 11 is 0. The molecule has 0 bridgehead atoms. The Morgan fingerprint density at radius 1 is 1.38 bits per heavy atom. The van der Waals surface area contributed by atoms with Gasteiger partial charge in [-0.1, -0.05) is 26.0 Å². The van der Waals surface area contributed by atoms with Crippen molar-refractivity contribution in [3.05, 3.63) is 47.0 Å². The van der Waals surface area contributed by atoms with Gasteiger partial charge in [-0.3, -0.25) is 4.79 Å². The Morgan fingerprint density at radius 3 is 2.83 bits per heavy atom. The van der Waals surface area contributed by atoms with Gasteiger partial charge >= 0.3 is 0 Å². The highest BCUT2D eigenvalue weighted by molar-refractivity contribution is 5.94. The molecule has 1 amide bonds. The number of amides is 1. The van der Waals surface area contributed by atoms with Crippen LogP contribution in [0.4, 0.5) is 4.39 Å². The largest absolute Gasteiger partial charge is 0.391 e. The van der Waals surface area contributed by atoms with Gasteiger partial charge in [0.25, 0.3) is 5.91 Å². The first-order chi connectivity index (χ1) is 11.5. The van der Waals surface area contributed by atoms with Crippen LogP contribution in [-0.2, 0) is 12.8 Å². The molecule has 0 radical (unpaired) electrons. The van der Waals surface area contributed by atoms with Crippen LogP contribution in [0.25, 0.3) is 5.69 Å². The monoisotopic (exact) mass is 331 g/mol. The first-order valence-corrected chi connectivity index (χ1v) is 8.31. The van der Waals surface area contributed by atoms with Crippen molar-refractivity contribution in [1.82, 2.24) is 15.1 Å². The minimum Gasteiger partial charge on any atom is -0.391 e. The first-order valence-electron chi connectivity index (χ1n) is 8.31. The van der Waals surface area contributed by atoms with Crippen molar-refractivity contribution >= 4 is 5.91 Å². The van der Waals surface area contributed by atoms with Crippen molar-refractivity contribution in [2.45, 2.75) is 39.2 Å². The summed E-state index contributed by atoms with van der Waals surface area (Å²) in [6.45, 7) is 3.96. The van der Waals surface area contributed by atoms with Crippen molar-refractivity contribution in [3.63, 3.8) is 0 Å². The SMILES string of the molecule is CC(C)C(O)CNC(=O)c1nn(-c2ccccc2F)c2c1CCC2. The van der Waals surface area contributed by atoms with Crippen molar-refractivity contribution < 1.29 is 14.3 Å². The molecule has 1 atom stereocenters. The second-order valence-electron chi connectivity index (χ2n) is 6.51. The van der Waals surface area contributed by atoms with E-state index in [1.807, 2.05) is 13.8 Å². The van der Waals surface area contributed by atoms with Gasteiger partial charge in [-0.05, 0) is 37.3 Å². The first kappa shape index (κ1) is 16.6. The Kier molecular flexibility index (Phi) is 4.66. The molecular formula is C18H22FN3O2. The van der Waals surface area contributed by atoms with Crippen LogP contribution in [-0.4, -0.2) is 33.4 Å². The van der Waals surface area contributed by atoms with Gasteiger partial charge in [0, 0.05) is 17.8 Å². The van der Waals surface area contributed by atoms with Crippen molar-refractivity contribution in [3.8, 4) is 5.69 Å². The van der Waals surface area contributed by atoms with Gasteiger partial charge in [0.1, 0.15) is 11.5 Å². The minimum atomic E-state index is -0.601. The number of para-hydroxylation sites is 1. The molecule has 6 heteroatoms. The van der Waals surface area contributed by atoms with E-state index in [0.717, 1.165) is 30.5 Å². The third kappa shape index (κ3) is 3.06. The number of hydrogen-bond acceptors (Lipinski definition) is 3.